The third-order valence-electron chi connectivity index (χ3n) is 5.09. The van der Waals surface area contributed by atoms with Crippen molar-refractivity contribution in [2.45, 2.75) is 24.8 Å². The van der Waals surface area contributed by atoms with Gasteiger partial charge in [-0.25, -0.2) is 14.4 Å². The van der Waals surface area contributed by atoms with Crippen molar-refractivity contribution in [2.75, 3.05) is 13.2 Å². The summed E-state index contributed by atoms with van der Waals surface area (Å²) >= 11 is 0. The third kappa shape index (κ3) is 5.97. The molecule has 1 atom stereocenters. The molecule has 0 aliphatic heterocycles. The van der Waals surface area contributed by atoms with Crippen molar-refractivity contribution in [3.8, 4) is 11.1 Å². The van der Waals surface area contributed by atoms with Crippen LogP contribution in [0.15, 0.2) is 61.2 Å². The lowest BCUT2D eigenvalue weighted by molar-refractivity contribution is -0.141. The molecule has 0 aromatic heterocycles. The van der Waals surface area contributed by atoms with E-state index < -0.39 is 36.6 Å². The lowest BCUT2D eigenvalue weighted by Crippen LogP contribution is -2.41. The molecule has 2 N–H and O–H groups in total. The zero-order valence-corrected chi connectivity index (χ0v) is 17.7. The van der Waals surface area contributed by atoms with Crippen LogP contribution in [0.25, 0.3) is 11.1 Å². The summed E-state index contributed by atoms with van der Waals surface area (Å²) in [4.78, 5) is 46.7. The number of nitrogens with one attached hydrogen (secondary N) is 1. The second-order valence-electron chi connectivity index (χ2n) is 7.22. The summed E-state index contributed by atoms with van der Waals surface area (Å²) in [6, 6.07) is 14.2. The molecule has 0 saturated carbocycles. The van der Waals surface area contributed by atoms with Gasteiger partial charge >= 0.3 is 24.2 Å². The zero-order chi connectivity index (χ0) is 23.8. The Balaban J connectivity index is 1.53. The molecule has 172 valence electrons. The Bertz CT molecular complexity index is 1020. The van der Waals surface area contributed by atoms with Crippen LogP contribution in [0.5, 0.6) is 0 Å². The molecule has 33 heavy (non-hydrogen) atoms. The average Bonchev–Trinajstić information content (AvgIpc) is 3.12. The molecule has 2 aromatic rings. The molecule has 0 radical (unpaired) electrons. The second-order valence-corrected chi connectivity index (χ2v) is 7.22. The molecule has 9 nitrogen and oxygen atoms in total. The number of alkyl carbamates (subject to hydrolysis) is 1. The number of rotatable bonds is 9. The van der Waals surface area contributed by atoms with Crippen LogP contribution in [0.3, 0.4) is 0 Å². The first-order valence-corrected chi connectivity index (χ1v) is 10.2. The maximum atomic E-state index is 12.3. The second kappa shape index (κ2) is 10.9. The quantitative estimate of drug-likeness (QED) is 0.335. The molecule has 0 fully saturated rings. The number of carbonyl (C=O) groups is 4. The zero-order valence-electron chi connectivity index (χ0n) is 17.7. The van der Waals surface area contributed by atoms with Gasteiger partial charge in [0.2, 0.25) is 0 Å². The van der Waals surface area contributed by atoms with Gasteiger partial charge in [0.1, 0.15) is 19.3 Å². The van der Waals surface area contributed by atoms with Crippen molar-refractivity contribution < 1.29 is 38.5 Å². The smallest absolute Gasteiger partial charge is 0.480 e. The van der Waals surface area contributed by atoms with E-state index in [0.717, 1.165) is 22.3 Å². The molecule has 3 rings (SSSR count). The van der Waals surface area contributed by atoms with Crippen LogP contribution in [-0.2, 0) is 23.8 Å². The number of amides is 1. The molecule has 1 aliphatic carbocycles. The predicted octanol–water partition coefficient (Wildman–Crippen LogP) is 3.62. The molecule has 1 amide bonds. The molecule has 1 aliphatic rings. The highest BCUT2D eigenvalue weighted by Crippen LogP contribution is 2.44. The van der Waals surface area contributed by atoms with Crippen LogP contribution in [0.1, 0.15) is 29.9 Å². The lowest BCUT2D eigenvalue weighted by Gasteiger charge is -2.17. The van der Waals surface area contributed by atoms with Crippen molar-refractivity contribution in [3.05, 3.63) is 72.3 Å². The average molecular weight is 453 g/mol. The number of hydrogen-bond donors (Lipinski definition) is 2. The molecule has 0 unspecified atom stereocenters. The van der Waals surface area contributed by atoms with Gasteiger partial charge in [-0.1, -0.05) is 61.2 Å². The Morgan fingerprint density at radius 1 is 1.00 bits per heavy atom. The molecule has 9 heteroatoms. The molecule has 0 heterocycles. The van der Waals surface area contributed by atoms with Crippen LogP contribution >= 0.6 is 0 Å². The number of ether oxygens (including phenoxy) is 3. The van der Waals surface area contributed by atoms with Crippen LogP contribution in [0.2, 0.25) is 0 Å². The number of carboxylic acid groups (broad SMARTS) is 1. The molecular weight excluding hydrogens is 430 g/mol. The van der Waals surface area contributed by atoms with E-state index in [2.05, 4.69) is 21.4 Å². The number of aliphatic carboxylic acids is 1. The molecule has 0 spiro atoms. The number of fused-ring (bicyclic) bond motifs is 3. The summed E-state index contributed by atoms with van der Waals surface area (Å²) < 4.78 is 14.2. The van der Waals surface area contributed by atoms with Gasteiger partial charge in [0, 0.05) is 12.3 Å². The minimum atomic E-state index is -1.41. The number of carboxylic acids is 1. The Morgan fingerprint density at radius 3 is 2.18 bits per heavy atom. The minimum Gasteiger partial charge on any atom is -0.480 e. The predicted molar refractivity (Wildman–Crippen MR) is 116 cm³/mol. The summed E-state index contributed by atoms with van der Waals surface area (Å²) in [6.45, 7) is 3.23. The molecule has 0 bridgehead atoms. The van der Waals surface area contributed by atoms with Crippen molar-refractivity contribution in [1.29, 1.82) is 0 Å². The summed E-state index contributed by atoms with van der Waals surface area (Å²) in [5, 5.41) is 11.6. The number of benzene rings is 2. The Hall–Kier alpha value is -4.14. The fourth-order valence-electron chi connectivity index (χ4n) is 3.60. The Labute approximate surface area is 190 Å². The van der Waals surface area contributed by atoms with Gasteiger partial charge in [0.05, 0.1) is 0 Å². The maximum Gasteiger partial charge on any atom is 0.516 e. The van der Waals surface area contributed by atoms with E-state index in [1.807, 2.05) is 48.5 Å². The van der Waals surface area contributed by atoms with Gasteiger partial charge in [-0.3, -0.25) is 4.79 Å². The first-order chi connectivity index (χ1) is 15.9. The highest BCUT2D eigenvalue weighted by molar-refractivity contribution is 5.84. The number of carbonyl (C=O) groups excluding carboxylic acids is 3. The highest BCUT2D eigenvalue weighted by atomic mass is 16.7. The molecule has 2 aromatic carbocycles. The number of hydrogen-bond acceptors (Lipinski definition) is 7. The van der Waals surface area contributed by atoms with Crippen molar-refractivity contribution in [2.24, 2.45) is 0 Å². The largest absolute Gasteiger partial charge is 0.516 e. The van der Waals surface area contributed by atoms with Crippen molar-refractivity contribution in [1.82, 2.24) is 5.32 Å². The van der Waals surface area contributed by atoms with E-state index in [4.69, 9.17) is 4.74 Å². The first-order valence-electron chi connectivity index (χ1n) is 10.2. The van der Waals surface area contributed by atoms with Crippen LogP contribution in [0, 0.1) is 0 Å². The van der Waals surface area contributed by atoms with Crippen LogP contribution in [-0.4, -0.2) is 48.5 Å². The van der Waals surface area contributed by atoms with Gasteiger partial charge in [0.15, 0.2) is 0 Å². The Morgan fingerprint density at radius 2 is 1.61 bits per heavy atom. The summed E-state index contributed by atoms with van der Waals surface area (Å²) in [5.74, 6) is -2.52. The van der Waals surface area contributed by atoms with Crippen LogP contribution in [0.4, 0.5) is 9.59 Å². The van der Waals surface area contributed by atoms with Gasteiger partial charge < -0.3 is 24.6 Å². The minimum absolute atomic E-state index is 0.0172. The van der Waals surface area contributed by atoms with Crippen molar-refractivity contribution >= 4 is 24.2 Å². The summed E-state index contributed by atoms with van der Waals surface area (Å²) in [6.07, 6.45) is -1.57. The third-order valence-corrected chi connectivity index (χ3v) is 5.09. The SMILES string of the molecule is C=CCOC(=O)OC(=O)CC[C@H](NC(=O)OCC1c2ccccc2-c2ccccc21)C(=O)O. The van der Waals surface area contributed by atoms with E-state index in [0.29, 0.717) is 0 Å². The first kappa shape index (κ1) is 23.5. The fourth-order valence-corrected chi connectivity index (χ4v) is 3.60. The van der Waals surface area contributed by atoms with Crippen molar-refractivity contribution in [3.63, 3.8) is 0 Å². The summed E-state index contributed by atoms with van der Waals surface area (Å²) in [5.41, 5.74) is 4.17. The van der Waals surface area contributed by atoms with E-state index in [-0.39, 0.29) is 25.6 Å². The molecule has 0 saturated heterocycles. The normalized spacial score (nSPS) is 12.6. The van der Waals surface area contributed by atoms with Gasteiger partial charge in [0.25, 0.3) is 0 Å². The lowest BCUT2D eigenvalue weighted by atomic mass is 9.98. The standard InChI is InChI=1S/C24H23NO8/c1-2-13-31-24(30)33-21(26)12-11-20(22(27)28)25-23(29)32-14-19-17-9-5-3-7-15(17)16-8-4-6-10-18(16)19/h2-10,19-20H,1,11-14H2,(H,25,29)(H,27,28)/t20-/m0/s1. The topological polar surface area (TPSA) is 128 Å². The monoisotopic (exact) mass is 453 g/mol. The van der Waals surface area contributed by atoms with Gasteiger partial charge in [-0.15, -0.1) is 0 Å². The number of esters is 1. The van der Waals surface area contributed by atoms with E-state index >= 15 is 0 Å². The Kier molecular flexibility index (Phi) is 7.80. The summed E-state index contributed by atoms with van der Waals surface area (Å²) in [7, 11) is 0. The van der Waals surface area contributed by atoms with E-state index in [1.165, 1.54) is 6.08 Å². The van der Waals surface area contributed by atoms with Gasteiger partial charge in [-0.05, 0) is 28.7 Å². The molecular formula is C24H23NO8. The van der Waals surface area contributed by atoms with Crippen LogP contribution < -0.4 is 5.32 Å². The van der Waals surface area contributed by atoms with Gasteiger partial charge in [-0.2, -0.15) is 0 Å². The highest BCUT2D eigenvalue weighted by Gasteiger charge is 2.30. The van der Waals surface area contributed by atoms with E-state index in [1.54, 1.807) is 0 Å². The van der Waals surface area contributed by atoms with E-state index in [9.17, 15) is 24.3 Å². The maximum absolute atomic E-state index is 12.3. The fraction of sp³-hybridized carbons (Fsp3) is 0.250.